The van der Waals surface area contributed by atoms with Crippen LogP contribution in [0.4, 0.5) is 0 Å². The average molecular weight is 249 g/mol. The van der Waals surface area contributed by atoms with Crippen LogP contribution < -0.4 is 0 Å². The lowest BCUT2D eigenvalue weighted by Crippen LogP contribution is -2.38. The molecule has 1 rings (SSSR count). The second kappa shape index (κ2) is 6.01. The van der Waals surface area contributed by atoms with Crippen molar-refractivity contribution in [2.75, 3.05) is 20.1 Å². The quantitative estimate of drug-likeness (QED) is 0.842. The molecule has 0 aliphatic rings. The minimum absolute atomic E-state index is 0.564. The Hall–Kier alpha value is -1.35. The number of benzene rings is 1. The third-order valence-electron chi connectivity index (χ3n) is 3.11. The molecule has 1 aromatic rings. The minimum Gasteiger partial charge on any atom is -0.481 e. The Morgan fingerprint density at radius 1 is 1.39 bits per heavy atom. The molecule has 0 aromatic heterocycles. The van der Waals surface area contributed by atoms with E-state index in [1.807, 2.05) is 7.05 Å². The fraction of sp³-hybridized carbons (Fsp3) is 0.533. The van der Waals surface area contributed by atoms with Gasteiger partial charge in [-0.1, -0.05) is 29.8 Å². The van der Waals surface area contributed by atoms with Gasteiger partial charge < -0.3 is 10.0 Å². The summed E-state index contributed by atoms with van der Waals surface area (Å²) in [6.45, 7) is 7.05. The van der Waals surface area contributed by atoms with Gasteiger partial charge in [-0.25, -0.2) is 0 Å². The van der Waals surface area contributed by atoms with Crippen molar-refractivity contribution in [1.82, 2.24) is 4.90 Å². The van der Waals surface area contributed by atoms with Gasteiger partial charge in [0, 0.05) is 13.1 Å². The van der Waals surface area contributed by atoms with Gasteiger partial charge in [-0.05, 0) is 39.8 Å². The summed E-state index contributed by atoms with van der Waals surface area (Å²) in [5.41, 5.74) is 1.87. The van der Waals surface area contributed by atoms with Gasteiger partial charge in [-0.3, -0.25) is 4.79 Å². The molecule has 100 valence electrons. The highest BCUT2D eigenvalue weighted by molar-refractivity contribution is 5.73. The Balaban J connectivity index is 2.47. The van der Waals surface area contributed by atoms with Gasteiger partial charge in [0.05, 0.1) is 5.41 Å². The van der Waals surface area contributed by atoms with Gasteiger partial charge in [0.15, 0.2) is 0 Å². The number of carbonyl (C=O) groups is 1. The van der Waals surface area contributed by atoms with E-state index in [1.54, 1.807) is 13.8 Å². The van der Waals surface area contributed by atoms with Crippen LogP contribution in [0.1, 0.15) is 25.0 Å². The lowest BCUT2D eigenvalue weighted by molar-refractivity contribution is -0.147. The van der Waals surface area contributed by atoms with Gasteiger partial charge in [0.25, 0.3) is 0 Å². The standard InChI is InChI=1S/C15H23NO2/c1-12-6-5-7-13(10-12)8-9-16(4)11-15(2,3)14(17)18/h5-7,10H,8-9,11H2,1-4H3,(H,17,18). The Morgan fingerprint density at radius 3 is 2.61 bits per heavy atom. The van der Waals surface area contributed by atoms with Crippen molar-refractivity contribution < 1.29 is 9.90 Å². The van der Waals surface area contributed by atoms with Crippen molar-refractivity contribution >= 4 is 5.97 Å². The van der Waals surface area contributed by atoms with Gasteiger partial charge in [0.2, 0.25) is 0 Å². The van der Waals surface area contributed by atoms with Gasteiger partial charge >= 0.3 is 5.97 Å². The summed E-state index contributed by atoms with van der Waals surface area (Å²) in [6, 6.07) is 8.44. The molecule has 0 amide bonds. The molecular formula is C15H23NO2. The number of carboxylic acids is 1. The van der Waals surface area contributed by atoms with Crippen LogP contribution in [0.15, 0.2) is 24.3 Å². The van der Waals surface area contributed by atoms with Gasteiger partial charge in [0.1, 0.15) is 0 Å². The van der Waals surface area contributed by atoms with Crippen LogP contribution >= 0.6 is 0 Å². The fourth-order valence-corrected chi connectivity index (χ4v) is 2.01. The molecule has 0 aliphatic heterocycles. The number of aliphatic carboxylic acids is 1. The van der Waals surface area contributed by atoms with Crippen molar-refractivity contribution in [2.45, 2.75) is 27.2 Å². The summed E-state index contributed by atoms with van der Waals surface area (Å²) in [4.78, 5) is 13.1. The Kier molecular flexibility index (Phi) is 4.91. The molecule has 1 aromatic carbocycles. The van der Waals surface area contributed by atoms with Crippen LogP contribution in [0, 0.1) is 12.3 Å². The molecule has 18 heavy (non-hydrogen) atoms. The monoisotopic (exact) mass is 249 g/mol. The van der Waals surface area contributed by atoms with E-state index in [0.717, 1.165) is 13.0 Å². The average Bonchev–Trinajstić information content (AvgIpc) is 2.25. The number of hydrogen-bond donors (Lipinski definition) is 1. The lowest BCUT2D eigenvalue weighted by Gasteiger charge is -2.26. The van der Waals surface area contributed by atoms with Crippen LogP contribution in [0.25, 0.3) is 0 Å². The largest absolute Gasteiger partial charge is 0.481 e. The second-order valence-corrected chi connectivity index (χ2v) is 5.67. The molecule has 1 N–H and O–H groups in total. The molecule has 0 bridgehead atoms. The summed E-state index contributed by atoms with van der Waals surface area (Å²) in [6.07, 6.45) is 0.952. The Labute approximate surface area is 109 Å². The van der Waals surface area contributed by atoms with Crippen molar-refractivity contribution in [1.29, 1.82) is 0 Å². The highest BCUT2D eigenvalue weighted by Crippen LogP contribution is 2.16. The molecule has 0 fully saturated rings. The summed E-state index contributed by atoms with van der Waals surface area (Å²) < 4.78 is 0. The van der Waals surface area contributed by atoms with E-state index >= 15 is 0 Å². The molecule has 3 nitrogen and oxygen atoms in total. The molecule has 0 unspecified atom stereocenters. The lowest BCUT2D eigenvalue weighted by atomic mass is 9.93. The maximum atomic E-state index is 11.0. The highest BCUT2D eigenvalue weighted by atomic mass is 16.4. The van der Waals surface area contributed by atoms with E-state index < -0.39 is 11.4 Å². The molecule has 0 atom stereocenters. The van der Waals surface area contributed by atoms with Crippen molar-refractivity contribution in [3.05, 3.63) is 35.4 Å². The maximum absolute atomic E-state index is 11.0. The van der Waals surface area contributed by atoms with Crippen LogP contribution in [0.3, 0.4) is 0 Å². The minimum atomic E-state index is -0.745. The zero-order valence-corrected chi connectivity index (χ0v) is 11.7. The third-order valence-corrected chi connectivity index (χ3v) is 3.11. The van der Waals surface area contributed by atoms with Crippen LogP contribution in [0.5, 0.6) is 0 Å². The number of aryl methyl sites for hydroxylation is 1. The molecule has 0 radical (unpaired) electrons. The Bertz CT molecular complexity index is 413. The summed E-state index contributed by atoms with van der Waals surface area (Å²) in [7, 11) is 1.97. The number of nitrogens with zero attached hydrogens (tertiary/aromatic N) is 1. The summed E-state index contributed by atoms with van der Waals surface area (Å²) in [5, 5.41) is 9.09. The van der Waals surface area contributed by atoms with Gasteiger partial charge in [-0.15, -0.1) is 0 Å². The van der Waals surface area contributed by atoms with Crippen LogP contribution in [-0.4, -0.2) is 36.1 Å². The molecule has 0 spiro atoms. The molecule has 0 heterocycles. The molecule has 0 saturated heterocycles. The second-order valence-electron chi connectivity index (χ2n) is 5.67. The number of likely N-dealkylation sites (N-methyl/N-ethyl adjacent to an activating group) is 1. The van der Waals surface area contributed by atoms with E-state index in [9.17, 15) is 4.79 Å². The van der Waals surface area contributed by atoms with E-state index in [1.165, 1.54) is 11.1 Å². The molecule has 0 aliphatic carbocycles. The summed E-state index contributed by atoms with van der Waals surface area (Å²) in [5.74, 6) is -0.745. The zero-order chi connectivity index (χ0) is 13.8. The van der Waals surface area contributed by atoms with Crippen LogP contribution in [0.2, 0.25) is 0 Å². The van der Waals surface area contributed by atoms with Crippen molar-refractivity contribution in [2.24, 2.45) is 5.41 Å². The van der Waals surface area contributed by atoms with Crippen molar-refractivity contribution in [3.63, 3.8) is 0 Å². The van der Waals surface area contributed by atoms with E-state index in [0.29, 0.717) is 6.54 Å². The number of hydrogen-bond acceptors (Lipinski definition) is 2. The Morgan fingerprint density at radius 2 is 2.06 bits per heavy atom. The van der Waals surface area contributed by atoms with Crippen LogP contribution in [-0.2, 0) is 11.2 Å². The molecular weight excluding hydrogens is 226 g/mol. The number of carboxylic acid groups (broad SMARTS) is 1. The predicted octanol–water partition coefficient (Wildman–Crippen LogP) is 2.58. The predicted molar refractivity (Wildman–Crippen MR) is 73.8 cm³/mol. The first-order chi connectivity index (χ1) is 8.31. The molecule has 3 heteroatoms. The number of rotatable bonds is 6. The van der Waals surface area contributed by atoms with Crippen molar-refractivity contribution in [3.8, 4) is 0 Å². The third kappa shape index (κ3) is 4.49. The maximum Gasteiger partial charge on any atom is 0.310 e. The van der Waals surface area contributed by atoms with E-state index in [2.05, 4.69) is 36.1 Å². The first-order valence-electron chi connectivity index (χ1n) is 6.29. The molecule has 0 saturated carbocycles. The smallest absolute Gasteiger partial charge is 0.310 e. The van der Waals surface area contributed by atoms with Gasteiger partial charge in [-0.2, -0.15) is 0 Å². The first-order valence-corrected chi connectivity index (χ1v) is 6.29. The highest BCUT2D eigenvalue weighted by Gasteiger charge is 2.28. The fourth-order valence-electron chi connectivity index (χ4n) is 2.01. The topological polar surface area (TPSA) is 40.5 Å². The SMILES string of the molecule is Cc1cccc(CCN(C)CC(C)(C)C(=O)O)c1. The first kappa shape index (κ1) is 14.7. The normalized spacial score (nSPS) is 11.8. The summed E-state index contributed by atoms with van der Waals surface area (Å²) >= 11 is 0. The van der Waals surface area contributed by atoms with E-state index in [-0.39, 0.29) is 0 Å². The zero-order valence-electron chi connectivity index (χ0n) is 11.7. The van der Waals surface area contributed by atoms with E-state index in [4.69, 9.17) is 5.11 Å².